The predicted octanol–water partition coefficient (Wildman–Crippen LogP) is 7.08. The quantitative estimate of drug-likeness (QED) is 0.315. The van der Waals surface area contributed by atoms with E-state index in [2.05, 4.69) is 6.58 Å². The minimum Gasteiger partial charge on any atom is -0.289 e. The number of carbonyl (C=O) groups is 2. The summed E-state index contributed by atoms with van der Waals surface area (Å²) in [5, 5.41) is 0. The third kappa shape index (κ3) is 4.08. The molecule has 156 valence electrons. The van der Waals surface area contributed by atoms with Crippen LogP contribution in [0.15, 0.2) is 97.6 Å². The molecule has 0 aliphatic carbocycles. The van der Waals surface area contributed by atoms with Crippen molar-refractivity contribution in [3.63, 3.8) is 0 Å². The molecule has 0 N–H and O–H groups in total. The van der Waals surface area contributed by atoms with Gasteiger partial charge in [0.25, 0.3) is 0 Å². The lowest BCUT2D eigenvalue weighted by Gasteiger charge is -2.16. The molecule has 0 fully saturated rings. The van der Waals surface area contributed by atoms with Crippen LogP contribution in [0, 0.1) is 13.8 Å². The fraction of sp³-hybridized carbons (Fsp3) is 0.0667. The molecule has 0 aromatic heterocycles. The Morgan fingerprint density at radius 1 is 0.656 bits per heavy atom. The molecule has 0 saturated carbocycles. The van der Waals surface area contributed by atoms with Gasteiger partial charge in [-0.25, -0.2) is 0 Å². The van der Waals surface area contributed by atoms with E-state index in [1.807, 2.05) is 74.5 Å². The number of benzene rings is 4. The van der Waals surface area contributed by atoms with E-state index in [9.17, 15) is 9.59 Å². The second-order valence-electron chi connectivity index (χ2n) is 7.91. The minimum absolute atomic E-state index is 0.178. The highest BCUT2D eigenvalue weighted by Gasteiger charge is 2.24. The topological polar surface area (TPSA) is 34.1 Å². The van der Waals surface area contributed by atoms with Crippen LogP contribution in [0.4, 0.5) is 0 Å². The third-order valence-electron chi connectivity index (χ3n) is 5.63. The Morgan fingerprint density at radius 2 is 1.19 bits per heavy atom. The van der Waals surface area contributed by atoms with Crippen molar-refractivity contribution in [2.24, 2.45) is 0 Å². The molecule has 0 aliphatic heterocycles. The van der Waals surface area contributed by atoms with Gasteiger partial charge < -0.3 is 0 Å². The molecule has 4 rings (SSSR count). The van der Waals surface area contributed by atoms with Crippen molar-refractivity contribution in [3.8, 4) is 11.1 Å². The number of hydrogen-bond donors (Lipinski definition) is 0. The second kappa shape index (κ2) is 8.99. The van der Waals surface area contributed by atoms with Gasteiger partial charge in [0.15, 0.2) is 11.6 Å². The van der Waals surface area contributed by atoms with E-state index < -0.39 is 0 Å². The van der Waals surface area contributed by atoms with Gasteiger partial charge in [-0.1, -0.05) is 109 Å². The molecule has 0 saturated heterocycles. The molecular formula is C30H24O2. The summed E-state index contributed by atoms with van der Waals surface area (Å²) in [4.78, 5) is 27.2. The zero-order valence-corrected chi connectivity index (χ0v) is 18.3. The molecule has 32 heavy (non-hydrogen) atoms. The normalized spacial score (nSPS) is 10.6. The summed E-state index contributed by atoms with van der Waals surface area (Å²) in [7, 11) is 0. The number of ketones is 2. The van der Waals surface area contributed by atoms with Crippen LogP contribution in [0.2, 0.25) is 0 Å². The van der Waals surface area contributed by atoms with Crippen molar-refractivity contribution in [3.05, 3.63) is 137 Å². The molecule has 2 heteroatoms. The zero-order chi connectivity index (χ0) is 22.7. The molecule has 2 nitrogen and oxygen atoms in total. The van der Waals surface area contributed by atoms with Gasteiger partial charge in [-0.05, 0) is 36.6 Å². The summed E-state index contributed by atoms with van der Waals surface area (Å²) in [6.45, 7) is 7.94. The summed E-state index contributed by atoms with van der Waals surface area (Å²) in [5.74, 6) is -0.365. The number of aryl methyl sites for hydroxylation is 2. The first-order valence-corrected chi connectivity index (χ1v) is 10.6. The predicted molar refractivity (Wildman–Crippen MR) is 131 cm³/mol. The van der Waals surface area contributed by atoms with Crippen LogP contribution < -0.4 is 0 Å². The number of carbonyl (C=O) groups excluding carboxylic acids is 2. The number of hydrogen-bond acceptors (Lipinski definition) is 2. The fourth-order valence-electron chi connectivity index (χ4n) is 3.84. The standard InChI is InChI=1S/C30H24O2/c1-4-25-26(22-8-6-5-7-9-22)18-19-27(29(31)23-14-10-20(2)11-15-23)28(25)30(32)24-16-12-21(3)13-17-24/h4-19H,1H2,2-3H3. The zero-order valence-electron chi connectivity index (χ0n) is 18.3. The first-order valence-electron chi connectivity index (χ1n) is 10.6. The van der Waals surface area contributed by atoms with Crippen LogP contribution in [0.3, 0.4) is 0 Å². The van der Waals surface area contributed by atoms with Gasteiger partial charge in [0.1, 0.15) is 0 Å². The monoisotopic (exact) mass is 416 g/mol. The Morgan fingerprint density at radius 3 is 1.72 bits per heavy atom. The first kappa shape index (κ1) is 21.2. The van der Waals surface area contributed by atoms with Gasteiger partial charge in [-0.15, -0.1) is 0 Å². The van der Waals surface area contributed by atoms with E-state index in [4.69, 9.17) is 0 Å². The van der Waals surface area contributed by atoms with E-state index >= 15 is 0 Å². The maximum atomic E-state index is 13.7. The Bertz CT molecular complexity index is 1300. The molecule has 0 aliphatic rings. The van der Waals surface area contributed by atoms with Gasteiger partial charge in [0, 0.05) is 22.3 Å². The van der Waals surface area contributed by atoms with Gasteiger partial charge in [0.05, 0.1) is 0 Å². The summed E-state index contributed by atoms with van der Waals surface area (Å²) < 4.78 is 0. The highest BCUT2D eigenvalue weighted by Crippen LogP contribution is 2.32. The third-order valence-corrected chi connectivity index (χ3v) is 5.63. The summed E-state index contributed by atoms with van der Waals surface area (Å²) in [5.41, 5.74) is 6.51. The fourth-order valence-corrected chi connectivity index (χ4v) is 3.84. The van der Waals surface area contributed by atoms with Gasteiger partial charge in [-0.3, -0.25) is 9.59 Å². The van der Waals surface area contributed by atoms with Crippen molar-refractivity contribution in [1.29, 1.82) is 0 Å². The lowest BCUT2D eigenvalue weighted by Crippen LogP contribution is -2.14. The van der Waals surface area contributed by atoms with E-state index in [1.54, 1.807) is 36.4 Å². The highest BCUT2D eigenvalue weighted by atomic mass is 16.1. The van der Waals surface area contributed by atoms with Crippen LogP contribution in [0.25, 0.3) is 17.2 Å². The molecule has 4 aromatic carbocycles. The van der Waals surface area contributed by atoms with Crippen LogP contribution in [0.5, 0.6) is 0 Å². The van der Waals surface area contributed by atoms with Crippen LogP contribution in [0.1, 0.15) is 48.5 Å². The molecular weight excluding hydrogens is 392 g/mol. The Balaban J connectivity index is 1.96. The van der Waals surface area contributed by atoms with Crippen molar-refractivity contribution < 1.29 is 9.59 Å². The molecule has 0 bridgehead atoms. The average molecular weight is 417 g/mol. The average Bonchev–Trinajstić information content (AvgIpc) is 2.83. The molecule has 0 radical (unpaired) electrons. The second-order valence-corrected chi connectivity index (χ2v) is 7.91. The largest absolute Gasteiger partial charge is 0.289 e. The molecule has 0 atom stereocenters. The maximum Gasteiger partial charge on any atom is 0.194 e. The van der Waals surface area contributed by atoms with E-state index in [1.165, 1.54) is 0 Å². The Hall–Kier alpha value is -4.04. The van der Waals surface area contributed by atoms with Gasteiger partial charge >= 0.3 is 0 Å². The summed E-state index contributed by atoms with van der Waals surface area (Å²) >= 11 is 0. The smallest absolute Gasteiger partial charge is 0.194 e. The molecule has 0 amide bonds. The Labute approximate surface area is 188 Å². The summed E-state index contributed by atoms with van der Waals surface area (Å²) in [6, 6.07) is 28.3. The lowest BCUT2D eigenvalue weighted by molar-refractivity contribution is 0.100. The first-order chi connectivity index (χ1) is 15.5. The molecule has 0 heterocycles. The van der Waals surface area contributed by atoms with E-state index in [0.717, 1.165) is 22.3 Å². The van der Waals surface area contributed by atoms with Crippen molar-refractivity contribution in [1.82, 2.24) is 0 Å². The number of rotatable bonds is 6. The van der Waals surface area contributed by atoms with Crippen LogP contribution in [-0.4, -0.2) is 11.6 Å². The van der Waals surface area contributed by atoms with Crippen molar-refractivity contribution in [2.75, 3.05) is 0 Å². The van der Waals surface area contributed by atoms with Gasteiger partial charge in [0.2, 0.25) is 0 Å². The van der Waals surface area contributed by atoms with Crippen molar-refractivity contribution in [2.45, 2.75) is 13.8 Å². The van der Waals surface area contributed by atoms with Crippen LogP contribution >= 0.6 is 0 Å². The van der Waals surface area contributed by atoms with Gasteiger partial charge in [-0.2, -0.15) is 0 Å². The van der Waals surface area contributed by atoms with E-state index in [-0.39, 0.29) is 11.6 Å². The SMILES string of the molecule is C=Cc1c(-c2ccccc2)ccc(C(=O)c2ccc(C)cc2)c1C(=O)c1ccc(C)cc1. The summed E-state index contributed by atoms with van der Waals surface area (Å²) in [6.07, 6.45) is 1.68. The highest BCUT2D eigenvalue weighted by molar-refractivity contribution is 6.21. The molecule has 0 unspecified atom stereocenters. The van der Waals surface area contributed by atoms with Crippen LogP contribution in [-0.2, 0) is 0 Å². The van der Waals surface area contributed by atoms with Crippen molar-refractivity contribution >= 4 is 17.6 Å². The molecule has 4 aromatic rings. The lowest BCUT2D eigenvalue weighted by atomic mass is 9.85. The molecule has 0 spiro atoms. The van der Waals surface area contributed by atoms with E-state index in [0.29, 0.717) is 27.8 Å². The maximum absolute atomic E-state index is 13.7. The minimum atomic E-state index is -0.187. The Kier molecular flexibility index (Phi) is 5.96.